The third-order valence-electron chi connectivity index (χ3n) is 4.37. The molecule has 0 spiro atoms. The third kappa shape index (κ3) is 4.67. The molecule has 0 aliphatic rings. The van der Waals surface area contributed by atoms with E-state index in [1.54, 1.807) is 28.9 Å². The molecule has 9 heteroatoms. The molecule has 0 unspecified atom stereocenters. The number of aliphatic hydroxyl groups excluding tert-OH is 1. The van der Waals surface area contributed by atoms with Crippen molar-refractivity contribution in [3.63, 3.8) is 0 Å². The molecular formula is C21H19ClFN5O2. The number of hydrogen-bond donors (Lipinski definition) is 2. The molecule has 0 amide bonds. The van der Waals surface area contributed by atoms with Gasteiger partial charge in [-0.25, -0.2) is 14.4 Å². The first-order valence-electron chi connectivity index (χ1n) is 9.35. The van der Waals surface area contributed by atoms with E-state index < -0.39 is 0 Å². The van der Waals surface area contributed by atoms with E-state index in [0.29, 0.717) is 51.8 Å². The van der Waals surface area contributed by atoms with Crippen molar-refractivity contribution >= 4 is 34.1 Å². The van der Waals surface area contributed by atoms with Crippen LogP contribution in [0.3, 0.4) is 0 Å². The molecule has 4 rings (SSSR count). The molecule has 0 atom stereocenters. The first-order valence-corrected chi connectivity index (χ1v) is 9.73. The number of halogens is 2. The number of hydrogen-bond acceptors (Lipinski definition) is 6. The van der Waals surface area contributed by atoms with Gasteiger partial charge in [0.1, 0.15) is 30.0 Å². The summed E-state index contributed by atoms with van der Waals surface area (Å²) in [6, 6.07) is 11.5. The van der Waals surface area contributed by atoms with Crippen LogP contribution in [0.15, 0.2) is 55.0 Å². The predicted octanol–water partition coefficient (Wildman–Crippen LogP) is 4.32. The molecule has 0 aliphatic heterocycles. The van der Waals surface area contributed by atoms with Crippen molar-refractivity contribution < 1.29 is 14.2 Å². The van der Waals surface area contributed by atoms with Gasteiger partial charge in [-0.3, -0.25) is 4.68 Å². The van der Waals surface area contributed by atoms with Gasteiger partial charge in [-0.1, -0.05) is 23.7 Å². The number of aryl methyl sites for hydroxylation is 1. The number of nitrogens with zero attached hydrogens (tertiary/aromatic N) is 4. The standard InChI is InChI=1S/C21H19ClFN5O2/c22-17-10-16(5-6-19(17)30-12-14-3-1-4-15(23)9-14)26-21-20-18(24-13-25-21)11-28(27-20)7-2-8-29/h1,3-6,9-11,13,29H,2,7-8,12H2,(H,24,25,26). The van der Waals surface area contributed by atoms with Crippen molar-refractivity contribution in [3.8, 4) is 5.75 Å². The second kappa shape index (κ2) is 9.06. The molecule has 4 aromatic rings. The molecule has 0 radical (unpaired) electrons. The van der Waals surface area contributed by atoms with Gasteiger partial charge in [0.2, 0.25) is 0 Å². The second-order valence-electron chi connectivity index (χ2n) is 6.61. The molecule has 0 saturated carbocycles. The van der Waals surface area contributed by atoms with Crippen LogP contribution in [0, 0.1) is 5.82 Å². The lowest BCUT2D eigenvalue weighted by molar-refractivity contribution is 0.277. The minimum Gasteiger partial charge on any atom is -0.487 e. The van der Waals surface area contributed by atoms with Crippen molar-refractivity contribution in [2.45, 2.75) is 19.6 Å². The first-order chi connectivity index (χ1) is 14.6. The summed E-state index contributed by atoms with van der Waals surface area (Å²) in [6.45, 7) is 0.899. The molecule has 0 saturated heterocycles. The Balaban J connectivity index is 1.48. The van der Waals surface area contributed by atoms with Gasteiger partial charge in [0.15, 0.2) is 11.3 Å². The zero-order chi connectivity index (χ0) is 20.9. The van der Waals surface area contributed by atoms with Crippen LogP contribution in [0.25, 0.3) is 11.0 Å². The van der Waals surface area contributed by atoms with E-state index in [0.717, 1.165) is 0 Å². The Bertz CT molecular complexity index is 1170. The Labute approximate surface area is 177 Å². The SMILES string of the molecule is OCCCn1cc2ncnc(Nc3ccc(OCc4cccc(F)c4)c(Cl)c3)c2n1. The summed E-state index contributed by atoms with van der Waals surface area (Å²) in [4.78, 5) is 8.51. The van der Waals surface area contributed by atoms with Crippen molar-refractivity contribution in [2.75, 3.05) is 11.9 Å². The fourth-order valence-corrected chi connectivity index (χ4v) is 3.18. The van der Waals surface area contributed by atoms with Crippen LogP contribution in [0.1, 0.15) is 12.0 Å². The largest absolute Gasteiger partial charge is 0.487 e. The number of fused-ring (bicyclic) bond motifs is 1. The monoisotopic (exact) mass is 427 g/mol. The van der Waals surface area contributed by atoms with E-state index in [1.807, 2.05) is 12.3 Å². The molecule has 2 aromatic carbocycles. The minimum absolute atomic E-state index is 0.0964. The lowest BCUT2D eigenvalue weighted by Gasteiger charge is -2.11. The highest BCUT2D eigenvalue weighted by atomic mass is 35.5. The van der Waals surface area contributed by atoms with Gasteiger partial charge in [-0.15, -0.1) is 0 Å². The van der Waals surface area contributed by atoms with Gasteiger partial charge < -0.3 is 15.2 Å². The Kier molecular flexibility index (Phi) is 6.06. The number of anilines is 2. The lowest BCUT2D eigenvalue weighted by Crippen LogP contribution is -2.01. The lowest BCUT2D eigenvalue weighted by atomic mass is 10.2. The van der Waals surface area contributed by atoms with Crippen molar-refractivity contribution in [1.82, 2.24) is 19.7 Å². The van der Waals surface area contributed by atoms with E-state index in [2.05, 4.69) is 20.4 Å². The van der Waals surface area contributed by atoms with E-state index in [4.69, 9.17) is 21.4 Å². The first kappa shape index (κ1) is 20.1. The zero-order valence-electron chi connectivity index (χ0n) is 15.9. The summed E-state index contributed by atoms with van der Waals surface area (Å²) in [7, 11) is 0. The Hall–Kier alpha value is -3.23. The highest BCUT2D eigenvalue weighted by Gasteiger charge is 2.11. The molecule has 2 aromatic heterocycles. The number of aromatic nitrogens is 4. The quantitative estimate of drug-likeness (QED) is 0.435. The maximum atomic E-state index is 13.3. The molecule has 154 valence electrons. The summed E-state index contributed by atoms with van der Waals surface area (Å²) in [6.07, 6.45) is 3.88. The van der Waals surface area contributed by atoms with Crippen LogP contribution in [-0.4, -0.2) is 31.5 Å². The van der Waals surface area contributed by atoms with Crippen LogP contribution in [-0.2, 0) is 13.2 Å². The summed E-state index contributed by atoms with van der Waals surface area (Å²) in [5.41, 5.74) is 2.75. The Morgan fingerprint density at radius 1 is 1.17 bits per heavy atom. The van der Waals surface area contributed by atoms with Gasteiger partial charge >= 0.3 is 0 Å². The maximum Gasteiger partial charge on any atom is 0.162 e. The van der Waals surface area contributed by atoms with Gasteiger partial charge in [0, 0.05) is 18.8 Å². The molecule has 0 bridgehead atoms. The highest BCUT2D eigenvalue weighted by Crippen LogP contribution is 2.30. The second-order valence-corrected chi connectivity index (χ2v) is 7.02. The number of benzene rings is 2. The van der Waals surface area contributed by atoms with Crippen LogP contribution in [0.4, 0.5) is 15.9 Å². The smallest absolute Gasteiger partial charge is 0.162 e. The summed E-state index contributed by atoms with van der Waals surface area (Å²) in [5, 5.41) is 17.1. The van der Waals surface area contributed by atoms with Crippen molar-refractivity contribution in [1.29, 1.82) is 0 Å². The van der Waals surface area contributed by atoms with Crippen molar-refractivity contribution in [2.24, 2.45) is 0 Å². The third-order valence-corrected chi connectivity index (χ3v) is 4.67. The molecule has 0 fully saturated rings. The molecule has 30 heavy (non-hydrogen) atoms. The topological polar surface area (TPSA) is 85.1 Å². The van der Waals surface area contributed by atoms with E-state index in [9.17, 15) is 4.39 Å². The fourth-order valence-electron chi connectivity index (χ4n) is 2.94. The average molecular weight is 428 g/mol. The average Bonchev–Trinajstić information content (AvgIpc) is 3.16. The fraction of sp³-hybridized carbons (Fsp3) is 0.190. The van der Waals surface area contributed by atoms with E-state index >= 15 is 0 Å². The van der Waals surface area contributed by atoms with Crippen LogP contribution in [0.5, 0.6) is 5.75 Å². The van der Waals surface area contributed by atoms with Gasteiger partial charge in [-0.05, 0) is 42.3 Å². The van der Waals surface area contributed by atoms with Crippen LogP contribution < -0.4 is 10.1 Å². The summed E-state index contributed by atoms with van der Waals surface area (Å²) >= 11 is 6.36. The Morgan fingerprint density at radius 3 is 2.87 bits per heavy atom. The molecule has 2 heterocycles. The number of aliphatic hydroxyl groups is 1. The van der Waals surface area contributed by atoms with E-state index in [-0.39, 0.29) is 19.0 Å². The van der Waals surface area contributed by atoms with E-state index in [1.165, 1.54) is 18.5 Å². The molecule has 7 nitrogen and oxygen atoms in total. The zero-order valence-corrected chi connectivity index (χ0v) is 16.7. The number of rotatable bonds is 8. The molecular weight excluding hydrogens is 409 g/mol. The predicted molar refractivity (Wildman–Crippen MR) is 112 cm³/mol. The number of nitrogens with one attached hydrogen (secondary N) is 1. The summed E-state index contributed by atoms with van der Waals surface area (Å²) < 4.78 is 20.7. The summed E-state index contributed by atoms with van der Waals surface area (Å²) in [5.74, 6) is 0.733. The highest BCUT2D eigenvalue weighted by molar-refractivity contribution is 6.32. The molecule has 2 N–H and O–H groups in total. The Morgan fingerprint density at radius 2 is 2.07 bits per heavy atom. The molecule has 0 aliphatic carbocycles. The van der Waals surface area contributed by atoms with Gasteiger partial charge in [0.05, 0.1) is 11.2 Å². The maximum absolute atomic E-state index is 13.3. The van der Waals surface area contributed by atoms with Crippen molar-refractivity contribution in [3.05, 3.63) is 71.4 Å². The van der Waals surface area contributed by atoms with Crippen LogP contribution >= 0.6 is 11.6 Å². The minimum atomic E-state index is -0.309. The van der Waals surface area contributed by atoms with Crippen LogP contribution in [0.2, 0.25) is 5.02 Å². The normalized spacial score (nSPS) is 11.0. The van der Waals surface area contributed by atoms with Gasteiger partial charge in [0.25, 0.3) is 0 Å². The number of ether oxygens (including phenoxy) is 1. The van der Waals surface area contributed by atoms with Gasteiger partial charge in [-0.2, -0.15) is 5.10 Å².